The minimum Gasteiger partial charge on any atom is -0.461 e. The largest absolute Gasteiger partial charge is 0.461 e. The zero-order valence-electron chi connectivity index (χ0n) is 14.4. The van der Waals surface area contributed by atoms with Crippen molar-refractivity contribution in [1.82, 2.24) is 4.98 Å². The number of aromatic nitrogens is 1. The molecule has 5 nitrogen and oxygen atoms in total. The van der Waals surface area contributed by atoms with Crippen molar-refractivity contribution < 1.29 is 13.9 Å². The van der Waals surface area contributed by atoms with Crippen LogP contribution >= 0.6 is 0 Å². The zero-order valence-corrected chi connectivity index (χ0v) is 14.4. The molecule has 130 valence electrons. The fourth-order valence-corrected chi connectivity index (χ4v) is 2.40. The summed E-state index contributed by atoms with van der Waals surface area (Å²) >= 11 is 0. The Morgan fingerprint density at radius 2 is 1.88 bits per heavy atom. The number of rotatable bonds is 6. The van der Waals surface area contributed by atoms with E-state index in [1.165, 1.54) is 5.56 Å². The van der Waals surface area contributed by atoms with Crippen LogP contribution in [0.25, 0.3) is 11.3 Å². The number of nitrogens with zero attached hydrogens (tertiary/aromatic N) is 2. The number of carbonyl (C=O) groups is 1. The number of nitriles is 1. The Morgan fingerprint density at radius 1 is 1.15 bits per heavy atom. The molecule has 0 atom stereocenters. The zero-order chi connectivity index (χ0) is 18.4. The topological polar surface area (TPSA) is 76.1 Å². The molecule has 0 N–H and O–H groups in total. The first kappa shape index (κ1) is 17.4. The third-order valence-electron chi connectivity index (χ3n) is 3.92. The first-order valence-electron chi connectivity index (χ1n) is 8.30. The van der Waals surface area contributed by atoms with Crippen molar-refractivity contribution in [2.75, 3.05) is 0 Å². The van der Waals surface area contributed by atoms with E-state index in [0.29, 0.717) is 23.6 Å². The maximum absolute atomic E-state index is 11.9. The molecule has 0 saturated heterocycles. The van der Waals surface area contributed by atoms with E-state index in [4.69, 9.17) is 14.4 Å². The number of ether oxygens (including phenoxy) is 1. The maximum atomic E-state index is 11.9. The number of esters is 1. The Labute approximate surface area is 151 Å². The molecule has 0 spiro atoms. The van der Waals surface area contributed by atoms with Crippen molar-refractivity contribution >= 4 is 5.97 Å². The summed E-state index contributed by atoms with van der Waals surface area (Å²) in [5, 5.41) is 8.76. The maximum Gasteiger partial charge on any atom is 0.306 e. The van der Waals surface area contributed by atoms with Crippen molar-refractivity contribution in [3.8, 4) is 17.4 Å². The molecule has 0 bridgehead atoms. The van der Waals surface area contributed by atoms with Gasteiger partial charge in [0.1, 0.15) is 6.61 Å². The molecular weight excluding hydrogens is 328 g/mol. The summed E-state index contributed by atoms with van der Waals surface area (Å²) in [6.45, 7) is 2.21. The van der Waals surface area contributed by atoms with Crippen LogP contribution in [0.3, 0.4) is 0 Å². The standard InChI is InChI=1S/C21H18N2O3/c1-15-2-8-18(9-3-15)19-13-23-20(26-19)10-11-21(24)25-14-17-6-4-16(12-22)5-7-17/h2-9,13H,10-11,14H2,1H3. The van der Waals surface area contributed by atoms with Gasteiger partial charge in [0.05, 0.1) is 24.3 Å². The van der Waals surface area contributed by atoms with Crippen LogP contribution in [0, 0.1) is 18.3 Å². The van der Waals surface area contributed by atoms with E-state index in [2.05, 4.69) is 4.98 Å². The van der Waals surface area contributed by atoms with E-state index < -0.39 is 0 Å². The second kappa shape index (κ2) is 8.13. The van der Waals surface area contributed by atoms with E-state index in [-0.39, 0.29) is 19.0 Å². The minimum absolute atomic E-state index is 0.185. The van der Waals surface area contributed by atoms with E-state index in [9.17, 15) is 4.79 Å². The Kier molecular flexibility index (Phi) is 5.45. The lowest BCUT2D eigenvalue weighted by Crippen LogP contribution is -2.06. The SMILES string of the molecule is Cc1ccc(-c2cnc(CCC(=O)OCc3ccc(C#N)cc3)o2)cc1. The average molecular weight is 346 g/mol. The third-order valence-corrected chi connectivity index (χ3v) is 3.92. The number of carbonyl (C=O) groups excluding carboxylic acids is 1. The molecule has 0 amide bonds. The fraction of sp³-hybridized carbons (Fsp3) is 0.190. The second-order valence-electron chi connectivity index (χ2n) is 5.95. The first-order valence-corrected chi connectivity index (χ1v) is 8.30. The second-order valence-corrected chi connectivity index (χ2v) is 5.95. The molecular formula is C21H18N2O3. The lowest BCUT2D eigenvalue weighted by Gasteiger charge is -2.04. The lowest BCUT2D eigenvalue weighted by atomic mass is 10.1. The van der Waals surface area contributed by atoms with Crippen LogP contribution in [0.4, 0.5) is 0 Å². The van der Waals surface area contributed by atoms with Gasteiger partial charge < -0.3 is 9.15 Å². The van der Waals surface area contributed by atoms with Crippen LogP contribution in [0.1, 0.15) is 29.0 Å². The van der Waals surface area contributed by atoms with Crippen LogP contribution < -0.4 is 0 Å². The third kappa shape index (κ3) is 4.58. The molecule has 26 heavy (non-hydrogen) atoms. The van der Waals surface area contributed by atoms with Crippen molar-refractivity contribution in [3.63, 3.8) is 0 Å². The van der Waals surface area contributed by atoms with Gasteiger partial charge in [-0.2, -0.15) is 5.26 Å². The molecule has 0 aliphatic rings. The molecule has 3 aromatic rings. The normalized spacial score (nSPS) is 10.3. The summed E-state index contributed by atoms with van der Waals surface area (Å²) < 4.78 is 10.9. The summed E-state index contributed by atoms with van der Waals surface area (Å²) in [7, 11) is 0. The predicted octanol–water partition coefficient (Wildman–Crippen LogP) is 4.20. The van der Waals surface area contributed by atoms with Gasteiger partial charge in [0.25, 0.3) is 0 Å². The van der Waals surface area contributed by atoms with Gasteiger partial charge in [-0.15, -0.1) is 0 Å². The van der Waals surface area contributed by atoms with Gasteiger partial charge in [-0.25, -0.2) is 4.98 Å². The Morgan fingerprint density at radius 3 is 2.58 bits per heavy atom. The quantitative estimate of drug-likeness (QED) is 0.625. The molecule has 1 heterocycles. The van der Waals surface area contributed by atoms with Crippen LogP contribution in [0.15, 0.2) is 59.1 Å². The van der Waals surface area contributed by atoms with Gasteiger partial charge in [0.2, 0.25) is 0 Å². The van der Waals surface area contributed by atoms with Crippen LogP contribution in [0.5, 0.6) is 0 Å². The number of aryl methyl sites for hydroxylation is 2. The Balaban J connectivity index is 1.48. The van der Waals surface area contributed by atoms with Gasteiger partial charge in [-0.1, -0.05) is 42.0 Å². The van der Waals surface area contributed by atoms with E-state index in [1.807, 2.05) is 37.3 Å². The molecule has 2 aromatic carbocycles. The van der Waals surface area contributed by atoms with Crippen molar-refractivity contribution in [2.45, 2.75) is 26.4 Å². The van der Waals surface area contributed by atoms with Crippen molar-refractivity contribution in [1.29, 1.82) is 5.26 Å². The number of hydrogen-bond donors (Lipinski definition) is 0. The highest BCUT2D eigenvalue weighted by Crippen LogP contribution is 2.21. The van der Waals surface area contributed by atoms with E-state index >= 15 is 0 Å². The van der Waals surface area contributed by atoms with E-state index in [0.717, 1.165) is 11.1 Å². The van der Waals surface area contributed by atoms with Gasteiger partial charge in [0, 0.05) is 12.0 Å². The summed E-state index contributed by atoms with van der Waals surface area (Å²) in [4.78, 5) is 16.1. The highest BCUT2D eigenvalue weighted by Gasteiger charge is 2.10. The smallest absolute Gasteiger partial charge is 0.306 e. The summed E-state index contributed by atoms with van der Waals surface area (Å²) in [6.07, 6.45) is 2.25. The molecule has 0 aliphatic carbocycles. The summed E-state index contributed by atoms with van der Waals surface area (Å²) in [5.74, 6) is 0.881. The summed E-state index contributed by atoms with van der Waals surface area (Å²) in [5.41, 5.74) is 3.56. The van der Waals surface area contributed by atoms with Crippen LogP contribution in [-0.2, 0) is 22.6 Å². The monoisotopic (exact) mass is 346 g/mol. The summed E-state index contributed by atoms with van der Waals surface area (Å²) in [6, 6.07) is 17.0. The van der Waals surface area contributed by atoms with Crippen molar-refractivity contribution in [2.24, 2.45) is 0 Å². The van der Waals surface area contributed by atoms with Crippen LogP contribution in [0.2, 0.25) is 0 Å². The highest BCUT2D eigenvalue weighted by molar-refractivity contribution is 5.69. The number of oxazole rings is 1. The molecule has 3 rings (SSSR count). The van der Waals surface area contributed by atoms with Gasteiger partial charge in [-0.05, 0) is 24.6 Å². The lowest BCUT2D eigenvalue weighted by molar-refractivity contribution is -0.145. The molecule has 0 aliphatic heterocycles. The van der Waals surface area contributed by atoms with E-state index in [1.54, 1.807) is 30.5 Å². The Bertz CT molecular complexity index is 919. The molecule has 0 saturated carbocycles. The average Bonchev–Trinajstić information content (AvgIpc) is 3.14. The number of benzene rings is 2. The predicted molar refractivity (Wildman–Crippen MR) is 96.0 cm³/mol. The molecule has 5 heteroatoms. The minimum atomic E-state index is -0.315. The van der Waals surface area contributed by atoms with Crippen LogP contribution in [-0.4, -0.2) is 11.0 Å². The first-order chi connectivity index (χ1) is 12.6. The van der Waals surface area contributed by atoms with Gasteiger partial charge in [0.15, 0.2) is 11.7 Å². The molecule has 0 unspecified atom stereocenters. The molecule has 0 fully saturated rings. The highest BCUT2D eigenvalue weighted by atomic mass is 16.5. The number of hydrogen-bond acceptors (Lipinski definition) is 5. The molecule has 0 radical (unpaired) electrons. The molecule has 1 aromatic heterocycles. The van der Waals surface area contributed by atoms with Gasteiger partial charge in [-0.3, -0.25) is 4.79 Å². The van der Waals surface area contributed by atoms with Gasteiger partial charge >= 0.3 is 5.97 Å². The van der Waals surface area contributed by atoms with Crippen molar-refractivity contribution in [3.05, 3.63) is 77.3 Å². The fourth-order valence-electron chi connectivity index (χ4n) is 2.40. The Hall–Kier alpha value is -3.39.